The second-order valence-electron chi connectivity index (χ2n) is 4.89. The van der Waals surface area contributed by atoms with Gasteiger partial charge in [0.2, 0.25) is 0 Å². The first-order valence-electron chi connectivity index (χ1n) is 6.16. The highest BCUT2D eigenvalue weighted by molar-refractivity contribution is 5.47. The van der Waals surface area contributed by atoms with Gasteiger partial charge in [0.25, 0.3) is 0 Å². The van der Waals surface area contributed by atoms with E-state index in [2.05, 4.69) is 0 Å². The highest BCUT2D eigenvalue weighted by atomic mass is 19.1. The van der Waals surface area contributed by atoms with Crippen LogP contribution in [0.1, 0.15) is 23.6 Å². The van der Waals surface area contributed by atoms with Crippen molar-refractivity contribution in [2.75, 3.05) is 7.11 Å². The van der Waals surface area contributed by atoms with E-state index in [0.29, 0.717) is 11.3 Å². The molecule has 0 radical (unpaired) electrons. The van der Waals surface area contributed by atoms with Gasteiger partial charge in [-0.25, -0.2) is 4.39 Å². The van der Waals surface area contributed by atoms with Gasteiger partial charge in [-0.2, -0.15) is 0 Å². The van der Waals surface area contributed by atoms with Gasteiger partial charge in [-0.3, -0.25) is 0 Å². The molecule has 3 heteroatoms. The third-order valence-electron chi connectivity index (χ3n) is 3.35. The molecule has 0 aromatic heterocycles. The summed E-state index contributed by atoms with van der Waals surface area (Å²) >= 11 is 0. The smallest absolute Gasteiger partial charge is 0.128 e. The van der Waals surface area contributed by atoms with Crippen molar-refractivity contribution in [1.29, 1.82) is 0 Å². The molecule has 2 aromatic rings. The Balaban J connectivity index is 2.62. The van der Waals surface area contributed by atoms with Crippen LogP contribution in [-0.2, 0) is 5.54 Å². The molecular weight excluding hydrogens is 241 g/mol. The summed E-state index contributed by atoms with van der Waals surface area (Å²) < 4.78 is 19.3. The van der Waals surface area contributed by atoms with Crippen LogP contribution in [0, 0.1) is 12.7 Å². The van der Waals surface area contributed by atoms with E-state index in [0.717, 1.165) is 11.1 Å². The summed E-state index contributed by atoms with van der Waals surface area (Å²) in [6, 6.07) is 12.3. The molecule has 0 saturated heterocycles. The van der Waals surface area contributed by atoms with Gasteiger partial charge < -0.3 is 10.5 Å². The van der Waals surface area contributed by atoms with Crippen LogP contribution in [0.15, 0.2) is 42.5 Å². The molecule has 2 N–H and O–H groups in total. The molecule has 0 amide bonds. The minimum Gasteiger partial charge on any atom is -0.496 e. The molecule has 19 heavy (non-hydrogen) atoms. The largest absolute Gasteiger partial charge is 0.496 e. The molecular formula is C16H18FNO. The normalized spacial score (nSPS) is 13.9. The van der Waals surface area contributed by atoms with Crippen LogP contribution in [0.3, 0.4) is 0 Å². The molecule has 0 aliphatic carbocycles. The lowest BCUT2D eigenvalue weighted by Gasteiger charge is -2.28. The van der Waals surface area contributed by atoms with Crippen molar-refractivity contribution in [3.05, 3.63) is 65.0 Å². The van der Waals surface area contributed by atoms with Crippen LogP contribution in [0.25, 0.3) is 0 Å². The predicted octanol–water partition coefficient (Wildman–Crippen LogP) is 3.36. The number of halogens is 1. The van der Waals surface area contributed by atoms with E-state index in [1.54, 1.807) is 32.2 Å². The summed E-state index contributed by atoms with van der Waals surface area (Å²) in [6.07, 6.45) is 0. The lowest BCUT2D eigenvalue weighted by atomic mass is 9.84. The highest BCUT2D eigenvalue weighted by Gasteiger charge is 2.29. The summed E-state index contributed by atoms with van der Waals surface area (Å²) in [5.41, 5.74) is 7.74. The molecule has 0 bridgehead atoms. The number of ether oxygens (including phenoxy) is 1. The number of benzene rings is 2. The van der Waals surface area contributed by atoms with Gasteiger partial charge in [0.05, 0.1) is 12.6 Å². The van der Waals surface area contributed by atoms with E-state index in [-0.39, 0.29) is 5.82 Å². The fourth-order valence-electron chi connectivity index (χ4n) is 2.26. The lowest BCUT2D eigenvalue weighted by Crippen LogP contribution is -2.35. The van der Waals surface area contributed by atoms with Crippen molar-refractivity contribution in [1.82, 2.24) is 0 Å². The molecule has 0 fully saturated rings. The van der Waals surface area contributed by atoms with Crippen molar-refractivity contribution in [3.63, 3.8) is 0 Å². The third kappa shape index (κ3) is 2.47. The van der Waals surface area contributed by atoms with Gasteiger partial charge in [-0.15, -0.1) is 0 Å². The van der Waals surface area contributed by atoms with Crippen molar-refractivity contribution >= 4 is 0 Å². The average molecular weight is 259 g/mol. The van der Waals surface area contributed by atoms with Crippen molar-refractivity contribution in [2.45, 2.75) is 19.4 Å². The quantitative estimate of drug-likeness (QED) is 0.917. The van der Waals surface area contributed by atoms with Crippen LogP contribution in [0.5, 0.6) is 5.75 Å². The Morgan fingerprint density at radius 3 is 2.42 bits per heavy atom. The third-order valence-corrected chi connectivity index (χ3v) is 3.35. The second-order valence-corrected chi connectivity index (χ2v) is 4.89. The summed E-state index contributed by atoms with van der Waals surface area (Å²) in [4.78, 5) is 0. The number of aryl methyl sites for hydroxylation is 1. The van der Waals surface area contributed by atoms with Crippen molar-refractivity contribution < 1.29 is 9.13 Å². The SMILES string of the molecule is COc1ccc(C)cc1C(C)(N)c1ccccc1F. The number of nitrogens with two attached hydrogens (primary N) is 1. The molecule has 0 spiro atoms. The Morgan fingerprint density at radius 2 is 1.79 bits per heavy atom. The topological polar surface area (TPSA) is 35.2 Å². The zero-order valence-corrected chi connectivity index (χ0v) is 11.4. The van der Waals surface area contributed by atoms with E-state index in [4.69, 9.17) is 10.5 Å². The minimum atomic E-state index is -0.942. The van der Waals surface area contributed by atoms with Crippen LogP contribution >= 0.6 is 0 Å². The van der Waals surface area contributed by atoms with Crippen LogP contribution in [0.2, 0.25) is 0 Å². The first kappa shape index (κ1) is 13.6. The molecule has 2 aromatic carbocycles. The Labute approximate surface area is 113 Å². The van der Waals surface area contributed by atoms with Crippen LogP contribution < -0.4 is 10.5 Å². The number of hydrogen-bond acceptors (Lipinski definition) is 2. The lowest BCUT2D eigenvalue weighted by molar-refractivity contribution is 0.396. The van der Waals surface area contributed by atoms with Crippen molar-refractivity contribution in [3.8, 4) is 5.75 Å². The van der Waals surface area contributed by atoms with Gasteiger partial charge >= 0.3 is 0 Å². The predicted molar refractivity (Wildman–Crippen MR) is 74.8 cm³/mol. The van der Waals surface area contributed by atoms with Crippen LogP contribution in [0.4, 0.5) is 4.39 Å². The number of hydrogen-bond donors (Lipinski definition) is 1. The number of rotatable bonds is 3. The first-order chi connectivity index (χ1) is 8.96. The molecule has 1 atom stereocenters. The van der Waals surface area contributed by atoms with Crippen LogP contribution in [-0.4, -0.2) is 7.11 Å². The molecule has 2 nitrogen and oxygen atoms in total. The van der Waals surface area contributed by atoms with E-state index < -0.39 is 5.54 Å². The summed E-state index contributed by atoms with van der Waals surface area (Å²) in [6.45, 7) is 3.77. The Hall–Kier alpha value is -1.87. The maximum absolute atomic E-state index is 14.0. The summed E-state index contributed by atoms with van der Waals surface area (Å²) in [5.74, 6) is 0.356. The van der Waals surface area contributed by atoms with Gasteiger partial charge in [-0.1, -0.05) is 35.9 Å². The van der Waals surface area contributed by atoms with E-state index in [1.165, 1.54) is 6.07 Å². The zero-order valence-electron chi connectivity index (χ0n) is 11.4. The molecule has 1 unspecified atom stereocenters. The molecule has 100 valence electrons. The van der Waals surface area contributed by atoms with Gasteiger partial charge in [0.15, 0.2) is 0 Å². The number of methoxy groups -OCH3 is 1. The molecule has 0 saturated carbocycles. The van der Waals surface area contributed by atoms with E-state index in [9.17, 15) is 4.39 Å². The van der Waals surface area contributed by atoms with Gasteiger partial charge in [-0.05, 0) is 26.0 Å². The molecule has 2 rings (SSSR count). The Kier molecular flexibility index (Phi) is 3.58. The zero-order chi connectivity index (χ0) is 14.0. The van der Waals surface area contributed by atoms with Gasteiger partial charge in [0.1, 0.15) is 11.6 Å². The second kappa shape index (κ2) is 5.02. The maximum Gasteiger partial charge on any atom is 0.128 e. The molecule has 0 heterocycles. The first-order valence-corrected chi connectivity index (χ1v) is 6.16. The van der Waals surface area contributed by atoms with E-state index in [1.807, 2.05) is 25.1 Å². The fourth-order valence-corrected chi connectivity index (χ4v) is 2.26. The average Bonchev–Trinajstić information content (AvgIpc) is 2.39. The minimum absolute atomic E-state index is 0.309. The Morgan fingerprint density at radius 1 is 1.11 bits per heavy atom. The summed E-state index contributed by atoms with van der Waals surface area (Å²) in [7, 11) is 1.59. The molecule has 0 aliphatic rings. The van der Waals surface area contributed by atoms with Crippen molar-refractivity contribution in [2.24, 2.45) is 5.73 Å². The Bertz CT molecular complexity index is 593. The summed E-state index contributed by atoms with van der Waals surface area (Å²) in [5, 5.41) is 0. The molecule has 0 aliphatic heterocycles. The standard InChI is InChI=1S/C16H18FNO/c1-11-8-9-15(19-3)13(10-11)16(2,18)12-6-4-5-7-14(12)17/h4-10H,18H2,1-3H3. The van der Waals surface area contributed by atoms with Gasteiger partial charge in [0, 0.05) is 11.1 Å². The fraction of sp³-hybridized carbons (Fsp3) is 0.250. The highest BCUT2D eigenvalue weighted by Crippen LogP contribution is 2.35. The monoisotopic (exact) mass is 259 g/mol. The van der Waals surface area contributed by atoms with E-state index >= 15 is 0 Å². The maximum atomic E-state index is 14.0.